The lowest BCUT2D eigenvalue weighted by Crippen LogP contribution is -2.31. The summed E-state index contributed by atoms with van der Waals surface area (Å²) >= 11 is 3.46. The van der Waals surface area contributed by atoms with Crippen LogP contribution in [-0.2, 0) is 11.2 Å². The third kappa shape index (κ3) is 3.06. The van der Waals surface area contributed by atoms with Crippen molar-refractivity contribution in [1.82, 2.24) is 5.32 Å². The molecule has 1 aromatic rings. The maximum absolute atomic E-state index is 5.27. The molecule has 0 aromatic heterocycles. The monoisotopic (exact) mass is 283 g/mol. The molecule has 1 aromatic carbocycles. The van der Waals surface area contributed by atoms with E-state index in [-0.39, 0.29) is 0 Å². The van der Waals surface area contributed by atoms with Gasteiger partial charge in [-0.1, -0.05) is 28.1 Å². The van der Waals surface area contributed by atoms with Crippen molar-refractivity contribution in [1.29, 1.82) is 0 Å². The number of hydrogen-bond acceptors (Lipinski definition) is 2. The second kappa shape index (κ2) is 5.80. The Morgan fingerprint density at radius 2 is 2.12 bits per heavy atom. The molecule has 0 bridgehead atoms. The van der Waals surface area contributed by atoms with Crippen molar-refractivity contribution in [3.05, 3.63) is 34.3 Å². The Morgan fingerprint density at radius 3 is 2.81 bits per heavy atom. The van der Waals surface area contributed by atoms with Crippen LogP contribution in [0, 0.1) is 5.92 Å². The van der Waals surface area contributed by atoms with E-state index in [0.29, 0.717) is 12.0 Å². The number of rotatable bonds is 4. The number of methoxy groups -OCH3 is 1. The molecule has 1 aliphatic heterocycles. The zero-order valence-corrected chi connectivity index (χ0v) is 11.2. The Labute approximate surface area is 106 Å². The molecule has 1 heterocycles. The lowest BCUT2D eigenvalue weighted by Gasteiger charge is -2.18. The third-order valence-electron chi connectivity index (χ3n) is 3.24. The molecule has 16 heavy (non-hydrogen) atoms. The molecular weight excluding hydrogens is 266 g/mol. The number of ether oxygens (including phenoxy) is 1. The van der Waals surface area contributed by atoms with Crippen LogP contribution in [0.15, 0.2) is 28.7 Å². The van der Waals surface area contributed by atoms with E-state index in [2.05, 4.69) is 45.5 Å². The van der Waals surface area contributed by atoms with Gasteiger partial charge in [-0.3, -0.25) is 0 Å². The maximum Gasteiger partial charge on any atom is 0.0505 e. The summed E-state index contributed by atoms with van der Waals surface area (Å²) in [6.45, 7) is 1.99. The third-order valence-corrected chi connectivity index (χ3v) is 3.77. The molecule has 1 aliphatic rings. The summed E-state index contributed by atoms with van der Waals surface area (Å²) < 4.78 is 6.41. The first-order valence-electron chi connectivity index (χ1n) is 5.76. The molecule has 2 nitrogen and oxygen atoms in total. The predicted molar refractivity (Wildman–Crippen MR) is 69.6 cm³/mol. The van der Waals surface area contributed by atoms with Crippen LogP contribution >= 0.6 is 15.9 Å². The highest BCUT2D eigenvalue weighted by Gasteiger charge is 2.26. The first kappa shape index (κ1) is 12.1. The van der Waals surface area contributed by atoms with Crippen LogP contribution in [0.3, 0.4) is 0 Å². The van der Waals surface area contributed by atoms with E-state index in [1.54, 1.807) is 7.11 Å². The van der Waals surface area contributed by atoms with Crippen LogP contribution in [0.1, 0.15) is 12.0 Å². The minimum Gasteiger partial charge on any atom is -0.384 e. The largest absolute Gasteiger partial charge is 0.384 e. The summed E-state index contributed by atoms with van der Waals surface area (Å²) in [5, 5.41) is 3.56. The fraction of sp³-hybridized carbons (Fsp3) is 0.538. The Hall–Kier alpha value is -0.380. The SMILES string of the molecule is COCC1CCNC1Cc1ccc(Br)cc1. The number of nitrogens with one attached hydrogen (secondary N) is 1. The summed E-state index contributed by atoms with van der Waals surface area (Å²) in [6.07, 6.45) is 2.33. The van der Waals surface area contributed by atoms with E-state index in [4.69, 9.17) is 4.74 Å². The summed E-state index contributed by atoms with van der Waals surface area (Å²) in [6, 6.07) is 9.16. The molecule has 0 spiro atoms. The van der Waals surface area contributed by atoms with Gasteiger partial charge in [0.2, 0.25) is 0 Å². The zero-order chi connectivity index (χ0) is 11.4. The quantitative estimate of drug-likeness (QED) is 0.917. The molecule has 2 atom stereocenters. The average molecular weight is 284 g/mol. The fourth-order valence-corrected chi connectivity index (χ4v) is 2.61. The highest BCUT2D eigenvalue weighted by atomic mass is 79.9. The summed E-state index contributed by atoms with van der Waals surface area (Å²) in [7, 11) is 1.79. The topological polar surface area (TPSA) is 21.3 Å². The van der Waals surface area contributed by atoms with Gasteiger partial charge >= 0.3 is 0 Å². The van der Waals surface area contributed by atoms with Crippen LogP contribution in [0.5, 0.6) is 0 Å². The van der Waals surface area contributed by atoms with E-state index in [1.807, 2.05) is 0 Å². The van der Waals surface area contributed by atoms with Crippen molar-refractivity contribution in [2.24, 2.45) is 5.92 Å². The van der Waals surface area contributed by atoms with Crippen LogP contribution < -0.4 is 5.32 Å². The average Bonchev–Trinajstić information content (AvgIpc) is 2.70. The van der Waals surface area contributed by atoms with Gasteiger partial charge in [-0.25, -0.2) is 0 Å². The molecule has 88 valence electrons. The van der Waals surface area contributed by atoms with Crippen molar-refractivity contribution in [3.63, 3.8) is 0 Å². The van der Waals surface area contributed by atoms with Gasteiger partial charge in [0.05, 0.1) is 6.61 Å². The van der Waals surface area contributed by atoms with E-state index in [0.717, 1.165) is 24.0 Å². The van der Waals surface area contributed by atoms with Crippen molar-refractivity contribution >= 4 is 15.9 Å². The molecular formula is C13H18BrNO. The van der Waals surface area contributed by atoms with Crippen molar-refractivity contribution in [2.75, 3.05) is 20.3 Å². The van der Waals surface area contributed by atoms with E-state index >= 15 is 0 Å². The van der Waals surface area contributed by atoms with Crippen LogP contribution in [0.2, 0.25) is 0 Å². The molecule has 0 aliphatic carbocycles. The minimum atomic E-state index is 0.570. The standard InChI is InChI=1S/C13H18BrNO/c1-16-9-11-6-7-15-13(11)8-10-2-4-12(14)5-3-10/h2-5,11,13,15H,6-9H2,1H3. The van der Waals surface area contributed by atoms with Gasteiger partial charge in [0, 0.05) is 17.6 Å². The second-order valence-electron chi connectivity index (χ2n) is 4.40. The molecule has 3 heteroatoms. The zero-order valence-electron chi connectivity index (χ0n) is 9.58. The normalized spacial score (nSPS) is 24.9. The molecule has 1 saturated heterocycles. The van der Waals surface area contributed by atoms with Gasteiger partial charge in [-0.2, -0.15) is 0 Å². The van der Waals surface area contributed by atoms with Gasteiger partial charge in [0.25, 0.3) is 0 Å². The van der Waals surface area contributed by atoms with Crippen LogP contribution in [-0.4, -0.2) is 26.3 Å². The van der Waals surface area contributed by atoms with Crippen molar-refractivity contribution in [3.8, 4) is 0 Å². The Kier molecular flexibility index (Phi) is 4.38. The molecule has 1 N–H and O–H groups in total. The molecule has 0 saturated carbocycles. The smallest absolute Gasteiger partial charge is 0.0505 e. The lowest BCUT2D eigenvalue weighted by molar-refractivity contribution is 0.145. The van der Waals surface area contributed by atoms with E-state index in [9.17, 15) is 0 Å². The predicted octanol–water partition coefficient (Wildman–Crippen LogP) is 2.62. The summed E-state index contributed by atoms with van der Waals surface area (Å²) in [5.74, 6) is 0.661. The van der Waals surface area contributed by atoms with Gasteiger partial charge in [-0.15, -0.1) is 0 Å². The molecule has 0 amide bonds. The highest BCUT2D eigenvalue weighted by molar-refractivity contribution is 9.10. The van der Waals surface area contributed by atoms with Gasteiger partial charge < -0.3 is 10.1 Å². The summed E-state index contributed by atoms with van der Waals surface area (Å²) in [4.78, 5) is 0. The van der Waals surface area contributed by atoms with E-state index in [1.165, 1.54) is 12.0 Å². The van der Waals surface area contributed by atoms with E-state index < -0.39 is 0 Å². The van der Waals surface area contributed by atoms with Crippen molar-refractivity contribution < 1.29 is 4.74 Å². The van der Waals surface area contributed by atoms with Crippen molar-refractivity contribution in [2.45, 2.75) is 18.9 Å². The number of halogens is 1. The Morgan fingerprint density at radius 1 is 1.38 bits per heavy atom. The molecule has 2 unspecified atom stereocenters. The van der Waals surface area contributed by atoms with Gasteiger partial charge in [0.1, 0.15) is 0 Å². The molecule has 1 fully saturated rings. The first-order valence-corrected chi connectivity index (χ1v) is 6.55. The first-order chi connectivity index (χ1) is 7.79. The fourth-order valence-electron chi connectivity index (χ4n) is 2.35. The lowest BCUT2D eigenvalue weighted by atomic mass is 9.95. The number of hydrogen-bond donors (Lipinski definition) is 1. The Balaban J connectivity index is 1.95. The van der Waals surface area contributed by atoms with Crippen LogP contribution in [0.25, 0.3) is 0 Å². The maximum atomic E-state index is 5.27. The second-order valence-corrected chi connectivity index (χ2v) is 5.31. The Bertz CT molecular complexity index is 325. The highest BCUT2D eigenvalue weighted by Crippen LogP contribution is 2.20. The summed E-state index contributed by atoms with van der Waals surface area (Å²) in [5.41, 5.74) is 1.39. The van der Waals surface area contributed by atoms with Gasteiger partial charge in [-0.05, 0) is 43.0 Å². The molecule has 2 rings (SSSR count). The van der Waals surface area contributed by atoms with Crippen LogP contribution in [0.4, 0.5) is 0 Å². The van der Waals surface area contributed by atoms with Gasteiger partial charge in [0.15, 0.2) is 0 Å². The number of benzene rings is 1. The minimum absolute atomic E-state index is 0.570. The molecule has 0 radical (unpaired) electrons.